The molecule has 0 fully saturated rings. The molecule has 1 amide bonds. The summed E-state index contributed by atoms with van der Waals surface area (Å²) in [7, 11) is 6.26. The van der Waals surface area contributed by atoms with Crippen LogP contribution in [0.4, 0.5) is 5.69 Å². The molecular weight excluding hydrogens is 434 g/mol. The Labute approximate surface area is 198 Å². The first-order valence-electron chi connectivity index (χ1n) is 10.4. The zero-order valence-corrected chi connectivity index (χ0v) is 19.5. The smallest absolute Gasteiger partial charge is 0.248 e. The maximum atomic E-state index is 12.2. The van der Waals surface area contributed by atoms with E-state index in [-0.39, 0.29) is 11.7 Å². The first-order chi connectivity index (χ1) is 16.5. The normalized spacial score (nSPS) is 10.9. The summed E-state index contributed by atoms with van der Waals surface area (Å²) in [6.45, 7) is 0. The molecule has 2 N–H and O–H groups in total. The monoisotopic (exact) mass is 461 g/mol. The van der Waals surface area contributed by atoms with Crippen molar-refractivity contribution in [1.82, 2.24) is 0 Å². The van der Waals surface area contributed by atoms with Gasteiger partial charge in [0, 0.05) is 6.08 Å². The Morgan fingerprint density at radius 3 is 1.91 bits per heavy atom. The average Bonchev–Trinajstić information content (AvgIpc) is 2.87. The van der Waals surface area contributed by atoms with Crippen LogP contribution in [0.5, 0.6) is 28.7 Å². The number of carbonyl (C=O) groups excluding carboxylic acids is 1. The fraction of sp³-hybridized carbons (Fsp3) is 0.148. The molecule has 3 aromatic rings. The third-order valence-electron chi connectivity index (χ3n) is 4.98. The van der Waals surface area contributed by atoms with Crippen molar-refractivity contribution in [3.8, 4) is 28.7 Å². The standard InChI is InChI=1S/C27H27NO6/c1-31-21-11-7-18(8-12-21)10-14-26(30)28-22-13-9-19(15-23(22)29)5-6-20-16-24(32-2)27(34-4)25(17-20)33-3/h5-17,29H,1-4H3,(H,28,30)/b6-5+,14-10+. The average molecular weight is 462 g/mol. The number of rotatable bonds is 9. The molecule has 0 spiro atoms. The number of carbonyl (C=O) groups is 1. The minimum absolute atomic E-state index is 0.0433. The first-order valence-corrected chi connectivity index (χ1v) is 10.4. The summed E-state index contributed by atoms with van der Waals surface area (Å²) in [5, 5.41) is 13.0. The number of hydrogen-bond donors (Lipinski definition) is 2. The van der Waals surface area contributed by atoms with Gasteiger partial charge < -0.3 is 29.4 Å². The Kier molecular flexibility index (Phi) is 8.18. The lowest BCUT2D eigenvalue weighted by Gasteiger charge is -2.12. The number of aromatic hydroxyl groups is 1. The summed E-state index contributed by atoms with van der Waals surface area (Å²) in [6.07, 6.45) is 6.77. The summed E-state index contributed by atoms with van der Waals surface area (Å²) < 4.78 is 21.2. The van der Waals surface area contributed by atoms with Gasteiger partial charge in [0.1, 0.15) is 11.5 Å². The number of anilines is 1. The number of ether oxygens (including phenoxy) is 4. The van der Waals surface area contributed by atoms with Gasteiger partial charge in [-0.3, -0.25) is 4.79 Å². The molecule has 0 saturated carbocycles. The van der Waals surface area contributed by atoms with Crippen molar-refractivity contribution in [1.29, 1.82) is 0 Å². The van der Waals surface area contributed by atoms with Gasteiger partial charge in [0.2, 0.25) is 11.7 Å². The van der Waals surface area contributed by atoms with E-state index >= 15 is 0 Å². The van der Waals surface area contributed by atoms with Crippen LogP contribution < -0.4 is 24.3 Å². The summed E-state index contributed by atoms with van der Waals surface area (Å²) in [6, 6.07) is 16.0. The van der Waals surface area contributed by atoms with Crippen molar-refractivity contribution in [2.24, 2.45) is 0 Å². The van der Waals surface area contributed by atoms with Crippen LogP contribution in [0.1, 0.15) is 16.7 Å². The molecule has 3 aromatic carbocycles. The van der Waals surface area contributed by atoms with E-state index in [9.17, 15) is 9.90 Å². The zero-order valence-electron chi connectivity index (χ0n) is 19.5. The topological polar surface area (TPSA) is 86.3 Å². The van der Waals surface area contributed by atoms with Crippen molar-refractivity contribution in [2.75, 3.05) is 33.8 Å². The first kappa shape index (κ1) is 24.3. The Balaban J connectivity index is 1.69. The Bertz CT molecular complexity index is 1170. The highest BCUT2D eigenvalue weighted by Crippen LogP contribution is 2.38. The molecule has 0 saturated heterocycles. The van der Waals surface area contributed by atoms with E-state index in [1.54, 1.807) is 52.7 Å². The van der Waals surface area contributed by atoms with E-state index in [0.29, 0.717) is 22.9 Å². The molecule has 176 valence electrons. The molecule has 7 nitrogen and oxygen atoms in total. The van der Waals surface area contributed by atoms with Crippen LogP contribution in [0.15, 0.2) is 60.7 Å². The van der Waals surface area contributed by atoms with Crippen LogP contribution in [0.3, 0.4) is 0 Å². The summed E-state index contributed by atoms with van der Waals surface area (Å²) >= 11 is 0. The Morgan fingerprint density at radius 1 is 0.735 bits per heavy atom. The van der Waals surface area contributed by atoms with Gasteiger partial charge >= 0.3 is 0 Å². The van der Waals surface area contributed by atoms with E-state index in [2.05, 4.69) is 5.32 Å². The highest BCUT2D eigenvalue weighted by Gasteiger charge is 2.12. The van der Waals surface area contributed by atoms with E-state index in [1.807, 2.05) is 48.6 Å². The SMILES string of the molecule is COc1ccc(/C=C/C(=O)Nc2ccc(/C=C/c3cc(OC)c(OC)c(OC)c3)cc2O)cc1. The number of phenols is 1. The molecule has 7 heteroatoms. The van der Waals surface area contributed by atoms with Crippen LogP contribution in [0.2, 0.25) is 0 Å². The van der Waals surface area contributed by atoms with Gasteiger partial charge in [-0.2, -0.15) is 0 Å². The van der Waals surface area contributed by atoms with Crippen LogP contribution in [0.25, 0.3) is 18.2 Å². The molecule has 0 aliphatic carbocycles. The third kappa shape index (κ3) is 6.10. The minimum atomic E-state index is -0.355. The highest BCUT2D eigenvalue weighted by molar-refractivity contribution is 6.02. The van der Waals surface area contributed by atoms with Gasteiger partial charge in [0.05, 0.1) is 34.1 Å². The lowest BCUT2D eigenvalue weighted by Crippen LogP contribution is -2.07. The van der Waals surface area contributed by atoms with Gasteiger partial charge in [0.15, 0.2) is 11.5 Å². The van der Waals surface area contributed by atoms with E-state index < -0.39 is 0 Å². The van der Waals surface area contributed by atoms with Gasteiger partial charge in [-0.1, -0.05) is 30.4 Å². The third-order valence-corrected chi connectivity index (χ3v) is 4.98. The molecule has 0 atom stereocenters. The molecule has 0 aliphatic rings. The maximum Gasteiger partial charge on any atom is 0.248 e. The van der Waals surface area contributed by atoms with Crippen LogP contribution in [-0.4, -0.2) is 39.5 Å². The molecule has 0 bridgehead atoms. The quantitative estimate of drug-likeness (QED) is 0.257. The van der Waals surface area contributed by atoms with Crippen LogP contribution in [0, 0.1) is 0 Å². The Morgan fingerprint density at radius 2 is 1.35 bits per heavy atom. The summed E-state index contributed by atoms with van der Waals surface area (Å²) in [4.78, 5) is 12.2. The lowest BCUT2D eigenvalue weighted by atomic mass is 10.1. The summed E-state index contributed by atoms with van der Waals surface area (Å²) in [5.41, 5.74) is 2.75. The number of phenolic OH excluding ortho intramolecular Hbond substituents is 1. The predicted molar refractivity (Wildman–Crippen MR) is 134 cm³/mol. The predicted octanol–water partition coefficient (Wildman–Crippen LogP) is 5.25. The van der Waals surface area contributed by atoms with Gasteiger partial charge in [-0.05, 0) is 59.2 Å². The van der Waals surface area contributed by atoms with Crippen molar-refractivity contribution >= 4 is 29.8 Å². The number of methoxy groups -OCH3 is 4. The second kappa shape index (κ2) is 11.5. The van der Waals surface area contributed by atoms with Crippen molar-refractivity contribution < 1.29 is 28.8 Å². The minimum Gasteiger partial charge on any atom is -0.506 e. The number of nitrogens with one attached hydrogen (secondary N) is 1. The summed E-state index contributed by atoms with van der Waals surface area (Å²) in [5.74, 6) is 1.95. The largest absolute Gasteiger partial charge is 0.506 e. The van der Waals surface area contributed by atoms with Crippen molar-refractivity contribution in [3.05, 3.63) is 77.4 Å². The molecule has 0 aromatic heterocycles. The van der Waals surface area contributed by atoms with Crippen molar-refractivity contribution in [2.45, 2.75) is 0 Å². The van der Waals surface area contributed by atoms with Crippen molar-refractivity contribution in [3.63, 3.8) is 0 Å². The zero-order chi connectivity index (χ0) is 24.5. The Hall–Kier alpha value is -4.39. The van der Waals surface area contributed by atoms with Gasteiger partial charge in [-0.15, -0.1) is 0 Å². The molecule has 0 aliphatic heterocycles. The fourth-order valence-electron chi connectivity index (χ4n) is 3.21. The number of amides is 1. The number of hydrogen-bond acceptors (Lipinski definition) is 6. The molecule has 0 radical (unpaired) electrons. The van der Waals surface area contributed by atoms with Gasteiger partial charge in [-0.25, -0.2) is 0 Å². The number of benzene rings is 3. The molecule has 34 heavy (non-hydrogen) atoms. The van der Waals surface area contributed by atoms with Crippen LogP contribution >= 0.6 is 0 Å². The maximum absolute atomic E-state index is 12.2. The molecular formula is C27H27NO6. The fourth-order valence-corrected chi connectivity index (χ4v) is 3.21. The van der Waals surface area contributed by atoms with E-state index in [4.69, 9.17) is 18.9 Å². The second-order valence-electron chi connectivity index (χ2n) is 7.16. The molecule has 3 rings (SSSR count). The molecule has 0 unspecified atom stereocenters. The van der Waals surface area contributed by atoms with E-state index in [0.717, 1.165) is 22.4 Å². The van der Waals surface area contributed by atoms with Gasteiger partial charge in [0.25, 0.3) is 0 Å². The van der Waals surface area contributed by atoms with E-state index in [1.165, 1.54) is 6.08 Å². The molecule has 0 heterocycles. The highest BCUT2D eigenvalue weighted by atomic mass is 16.5. The second-order valence-corrected chi connectivity index (χ2v) is 7.16. The van der Waals surface area contributed by atoms with Crippen LogP contribution in [-0.2, 0) is 4.79 Å². The lowest BCUT2D eigenvalue weighted by molar-refractivity contribution is -0.111.